The number of piperidine rings is 1. The summed E-state index contributed by atoms with van der Waals surface area (Å²) in [4.78, 5) is 2.20. The maximum absolute atomic E-state index is 13.6. The minimum Gasteiger partial charge on any atom is -0.397 e. The van der Waals surface area contributed by atoms with Crippen molar-refractivity contribution >= 4 is 27.3 Å². The fraction of sp³-hybridized carbons (Fsp3) is 0.571. The molecule has 0 unspecified atom stereocenters. The Morgan fingerprint density at radius 2 is 2.00 bits per heavy atom. The fourth-order valence-corrected chi connectivity index (χ4v) is 2.83. The summed E-state index contributed by atoms with van der Waals surface area (Å²) in [6, 6.07) is 3.19. The number of anilines is 2. The second-order valence-electron chi connectivity index (χ2n) is 5.48. The van der Waals surface area contributed by atoms with E-state index in [4.69, 9.17) is 5.73 Å². The van der Waals surface area contributed by atoms with Crippen LogP contribution in [0.5, 0.6) is 0 Å². The lowest BCUT2D eigenvalue weighted by molar-refractivity contribution is 0.238. The molecule has 1 aromatic carbocycles. The predicted octanol–water partition coefficient (Wildman–Crippen LogP) is 4.19. The second-order valence-corrected chi connectivity index (χ2v) is 6.33. The van der Waals surface area contributed by atoms with Crippen molar-refractivity contribution < 1.29 is 4.39 Å². The van der Waals surface area contributed by atoms with Crippen LogP contribution in [0.2, 0.25) is 0 Å². The number of hydrogen-bond acceptors (Lipinski definition) is 2. The Morgan fingerprint density at radius 3 is 2.56 bits per heavy atom. The first kappa shape index (κ1) is 13.7. The van der Waals surface area contributed by atoms with E-state index in [9.17, 15) is 4.39 Å². The van der Waals surface area contributed by atoms with Gasteiger partial charge in [0.25, 0.3) is 0 Å². The van der Waals surface area contributed by atoms with E-state index < -0.39 is 0 Å². The minimum atomic E-state index is -0.247. The molecule has 2 rings (SSSR count). The van der Waals surface area contributed by atoms with Crippen LogP contribution >= 0.6 is 15.9 Å². The number of halogens is 2. The molecule has 0 aromatic heterocycles. The molecule has 1 saturated heterocycles. The molecule has 1 heterocycles. The van der Waals surface area contributed by atoms with Gasteiger partial charge in [-0.1, -0.05) is 20.3 Å². The summed E-state index contributed by atoms with van der Waals surface area (Å²) in [5, 5.41) is 0. The van der Waals surface area contributed by atoms with Gasteiger partial charge in [0, 0.05) is 19.2 Å². The van der Waals surface area contributed by atoms with Crippen LogP contribution in [0.1, 0.15) is 33.1 Å². The molecule has 0 spiro atoms. The molecule has 4 heteroatoms. The zero-order chi connectivity index (χ0) is 13.3. The fourth-order valence-electron chi connectivity index (χ4n) is 2.47. The van der Waals surface area contributed by atoms with Crippen LogP contribution in [-0.2, 0) is 0 Å². The van der Waals surface area contributed by atoms with Crippen LogP contribution in [0.4, 0.5) is 15.8 Å². The van der Waals surface area contributed by atoms with Crippen molar-refractivity contribution in [2.45, 2.75) is 33.1 Å². The molecule has 0 atom stereocenters. The van der Waals surface area contributed by atoms with Crippen molar-refractivity contribution in [1.82, 2.24) is 0 Å². The molecule has 2 N–H and O–H groups in total. The highest BCUT2D eigenvalue weighted by Gasteiger charge is 2.29. The predicted molar refractivity (Wildman–Crippen MR) is 78.4 cm³/mol. The molecule has 1 fully saturated rings. The van der Waals surface area contributed by atoms with E-state index >= 15 is 0 Å². The van der Waals surface area contributed by atoms with E-state index in [1.54, 1.807) is 6.07 Å². The van der Waals surface area contributed by atoms with Crippen molar-refractivity contribution in [3.8, 4) is 0 Å². The summed E-state index contributed by atoms with van der Waals surface area (Å²) in [5.74, 6) is -0.247. The summed E-state index contributed by atoms with van der Waals surface area (Å²) in [6.07, 6.45) is 3.48. The number of benzene rings is 1. The lowest BCUT2D eigenvalue weighted by Crippen LogP contribution is -2.38. The van der Waals surface area contributed by atoms with Gasteiger partial charge in [0.05, 0.1) is 15.8 Å². The summed E-state index contributed by atoms with van der Waals surface area (Å²) >= 11 is 3.16. The van der Waals surface area contributed by atoms with Crippen molar-refractivity contribution in [1.29, 1.82) is 0 Å². The van der Waals surface area contributed by atoms with E-state index in [-0.39, 0.29) is 5.82 Å². The monoisotopic (exact) mass is 314 g/mol. The first-order valence-corrected chi connectivity index (χ1v) is 7.24. The van der Waals surface area contributed by atoms with Crippen LogP contribution in [0, 0.1) is 11.2 Å². The lowest BCUT2D eigenvalue weighted by atomic mass is 9.78. The third-order valence-electron chi connectivity index (χ3n) is 4.23. The van der Waals surface area contributed by atoms with E-state index in [0.717, 1.165) is 31.6 Å². The first-order valence-electron chi connectivity index (χ1n) is 6.45. The molecule has 18 heavy (non-hydrogen) atoms. The van der Waals surface area contributed by atoms with Gasteiger partial charge in [-0.3, -0.25) is 0 Å². The SMILES string of the molecule is CCC1(C)CCN(c2cc(F)c(Br)cc2N)CC1. The maximum Gasteiger partial charge on any atom is 0.139 e. The zero-order valence-electron chi connectivity index (χ0n) is 11.0. The second kappa shape index (κ2) is 5.08. The van der Waals surface area contributed by atoms with Gasteiger partial charge in [0.2, 0.25) is 0 Å². The number of nitrogens with two attached hydrogens (primary N) is 1. The number of rotatable bonds is 2. The molecule has 0 saturated carbocycles. The van der Waals surface area contributed by atoms with E-state index in [2.05, 4.69) is 34.7 Å². The smallest absolute Gasteiger partial charge is 0.139 e. The normalized spacial score (nSPS) is 19.0. The molecule has 1 aliphatic heterocycles. The molecular formula is C14H20BrFN2. The highest BCUT2D eigenvalue weighted by molar-refractivity contribution is 9.10. The van der Waals surface area contributed by atoms with Gasteiger partial charge in [0.1, 0.15) is 5.82 Å². The van der Waals surface area contributed by atoms with Gasteiger partial charge in [-0.15, -0.1) is 0 Å². The number of nitrogens with zero attached hydrogens (tertiary/aromatic N) is 1. The molecular weight excluding hydrogens is 295 g/mol. The lowest BCUT2D eigenvalue weighted by Gasteiger charge is -2.40. The summed E-state index contributed by atoms with van der Waals surface area (Å²) < 4.78 is 14.0. The van der Waals surface area contributed by atoms with Crippen molar-refractivity contribution in [2.24, 2.45) is 5.41 Å². The van der Waals surface area contributed by atoms with Crippen LogP contribution < -0.4 is 10.6 Å². The molecule has 1 aromatic rings. The quantitative estimate of drug-likeness (QED) is 0.829. The highest BCUT2D eigenvalue weighted by Crippen LogP contribution is 2.38. The van der Waals surface area contributed by atoms with Crippen LogP contribution in [0.3, 0.4) is 0 Å². The Morgan fingerprint density at radius 1 is 1.39 bits per heavy atom. The van der Waals surface area contributed by atoms with Gasteiger partial charge < -0.3 is 10.6 Å². The van der Waals surface area contributed by atoms with Gasteiger partial charge in [-0.25, -0.2) is 4.39 Å². The Kier molecular flexibility index (Phi) is 3.85. The average molecular weight is 315 g/mol. The van der Waals surface area contributed by atoms with Crippen molar-refractivity contribution in [3.05, 3.63) is 22.4 Å². The van der Waals surface area contributed by atoms with E-state index in [1.165, 1.54) is 12.5 Å². The Balaban J connectivity index is 2.17. The maximum atomic E-state index is 13.6. The summed E-state index contributed by atoms with van der Waals surface area (Å²) in [6.45, 7) is 6.48. The standard InChI is InChI=1S/C14H20BrFN2/c1-3-14(2)4-6-18(7-5-14)13-9-11(16)10(15)8-12(13)17/h8-9H,3-7,17H2,1-2H3. The topological polar surface area (TPSA) is 29.3 Å². The third kappa shape index (κ3) is 2.63. The Hall–Kier alpha value is -0.770. The highest BCUT2D eigenvalue weighted by atomic mass is 79.9. The van der Waals surface area contributed by atoms with Gasteiger partial charge >= 0.3 is 0 Å². The number of nitrogen functional groups attached to an aromatic ring is 1. The molecule has 0 amide bonds. The molecule has 0 radical (unpaired) electrons. The number of hydrogen-bond donors (Lipinski definition) is 1. The van der Waals surface area contributed by atoms with Crippen LogP contribution in [0.25, 0.3) is 0 Å². The van der Waals surface area contributed by atoms with Crippen molar-refractivity contribution in [3.63, 3.8) is 0 Å². The summed E-state index contributed by atoms with van der Waals surface area (Å²) in [7, 11) is 0. The largest absolute Gasteiger partial charge is 0.397 e. The first-order chi connectivity index (χ1) is 8.45. The molecule has 1 aliphatic rings. The minimum absolute atomic E-state index is 0.247. The van der Waals surface area contributed by atoms with Gasteiger partial charge in [-0.05, 0) is 40.3 Å². The molecule has 0 bridgehead atoms. The van der Waals surface area contributed by atoms with Gasteiger partial charge in [0.15, 0.2) is 0 Å². The van der Waals surface area contributed by atoms with Gasteiger partial charge in [-0.2, -0.15) is 0 Å². The molecule has 2 nitrogen and oxygen atoms in total. The van der Waals surface area contributed by atoms with Crippen molar-refractivity contribution in [2.75, 3.05) is 23.7 Å². The van der Waals surface area contributed by atoms with Crippen LogP contribution in [0.15, 0.2) is 16.6 Å². The summed E-state index contributed by atoms with van der Waals surface area (Å²) in [5.41, 5.74) is 7.88. The zero-order valence-corrected chi connectivity index (χ0v) is 12.6. The van der Waals surface area contributed by atoms with E-state index in [0.29, 0.717) is 15.6 Å². The molecule has 0 aliphatic carbocycles. The average Bonchev–Trinajstić information content (AvgIpc) is 2.35. The molecule has 100 valence electrons. The van der Waals surface area contributed by atoms with E-state index in [1.807, 2.05) is 0 Å². The van der Waals surface area contributed by atoms with Crippen LogP contribution in [-0.4, -0.2) is 13.1 Å². The Labute approximate surface area is 116 Å². The third-order valence-corrected chi connectivity index (χ3v) is 4.84. The Bertz CT molecular complexity index is 440.